The minimum atomic E-state index is -1.22. The number of aromatic nitrogens is 2. The lowest BCUT2D eigenvalue weighted by Gasteiger charge is -2.13. The number of carboxylic acids is 1. The fourth-order valence-electron chi connectivity index (χ4n) is 2.69. The number of aromatic hydroxyl groups is 1. The van der Waals surface area contributed by atoms with Gasteiger partial charge in [-0.1, -0.05) is 12.1 Å². The average molecular weight is 382 g/mol. The van der Waals surface area contributed by atoms with Crippen LogP contribution in [0.2, 0.25) is 0 Å². The Labute approximate surface area is 159 Å². The Morgan fingerprint density at radius 2 is 1.86 bits per heavy atom. The van der Waals surface area contributed by atoms with Gasteiger partial charge in [-0.2, -0.15) is 0 Å². The summed E-state index contributed by atoms with van der Waals surface area (Å²) in [4.78, 5) is 29.6. The minimum absolute atomic E-state index is 0.0838. The van der Waals surface area contributed by atoms with Crippen LogP contribution in [-0.2, 0) is 0 Å². The van der Waals surface area contributed by atoms with E-state index in [1.807, 2.05) is 0 Å². The highest BCUT2D eigenvalue weighted by Gasteiger charge is 2.15. The number of nitrogens with one attached hydrogen (secondary N) is 1. The second-order valence-electron chi connectivity index (χ2n) is 5.89. The number of nitrogens with zero attached hydrogens (tertiary/aromatic N) is 1. The number of aromatic amines is 1. The van der Waals surface area contributed by atoms with Gasteiger partial charge < -0.3 is 31.4 Å². The number of phenols is 1. The topological polar surface area (TPSA) is 165 Å². The van der Waals surface area contributed by atoms with E-state index in [4.69, 9.17) is 21.3 Å². The lowest BCUT2D eigenvalue weighted by molar-refractivity contribution is 0.0694. The number of nitrogens with two attached hydrogens (primary N) is 2. The number of benzene rings is 2. The number of aromatic carboxylic acids is 1. The maximum Gasteiger partial charge on any atom is 0.339 e. The predicted molar refractivity (Wildman–Crippen MR) is 104 cm³/mol. The lowest BCUT2D eigenvalue weighted by atomic mass is 10.0. The Balaban J connectivity index is 2.11. The van der Waals surface area contributed by atoms with Crippen LogP contribution in [0.3, 0.4) is 0 Å². The molecule has 0 radical (unpaired) electrons. The molecule has 0 spiro atoms. The molecule has 0 atom stereocenters. The van der Waals surface area contributed by atoms with Gasteiger partial charge in [0.2, 0.25) is 0 Å². The number of rotatable bonds is 5. The summed E-state index contributed by atoms with van der Waals surface area (Å²) in [7, 11) is 0. The van der Waals surface area contributed by atoms with Gasteiger partial charge >= 0.3 is 5.97 Å². The molecule has 1 aromatic heterocycles. The Hall–Kier alpha value is -4.01. The first-order valence-corrected chi connectivity index (χ1v) is 8.31. The van der Waals surface area contributed by atoms with Crippen molar-refractivity contribution in [2.75, 3.05) is 18.1 Å². The van der Waals surface area contributed by atoms with Gasteiger partial charge in [-0.3, -0.25) is 4.79 Å². The SMILES string of the molecule is CCOc1cc(-c2ccc(C(=O)O)c(O)c2)ccc1-c1nc(N)c(N)c(=O)[nH]1. The largest absolute Gasteiger partial charge is 0.507 e. The number of ether oxygens (including phenoxy) is 1. The zero-order valence-electron chi connectivity index (χ0n) is 14.9. The van der Waals surface area contributed by atoms with E-state index in [0.29, 0.717) is 29.0 Å². The van der Waals surface area contributed by atoms with Gasteiger partial charge in [0.15, 0.2) is 5.82 Å². The van der Waals surface area contributed by atoms with E-state index in [1.165, 1.54) is 12.1 Å². The highest BCUT2D eigenvalue weighted by Crippen LogP contribution is 2.34. The van der Waals surface area contributed by atoms with E-state index < -0.39 is 11.5 Å². The van der Waals surface area contributed by atoms with E-state index >= 15 is 0 Å². The molecular formula is C19H18N4O5. The first-order chi connectivity index (χ1) is 13.3. The summed E-state index contributed by atoms with van der Waals surface area (Å²) >= 11 is 0. The number of carbonyl (C=O) groups is 1. The van der Waals surface area contributed by atoms with Gasteiger partial charge in [0.05, 0.1) is 12.2 Å². The van der Waals surface area contributed by atoms with E-state index in [9.17, 15) is 14.7 Å². The maximum atomic E-state index is 11.9. The van der Waals surface area contributed by atoms with Crippen molar-refractivity contribution in [3.63, 3.8) is 0 Å². The van der Waals surface area contributed by atoms with Crippen LogP contribution in [0.15, 0.2) is 41.2 Å². The van der Waals surface area contributed by atoms with Crippen LogP contribution >= 0.6 is 0 Å². The minimum Gasteiger partial charge on any atom is -0.507 e. The third-order valence-corrected chi connectivity index (χ3v) is 4.08. The van der Waals surface area contributed by atoms with Gasteiger partial charge in [-0.25, -0.2) is 9.78 Å². The number of carboxylic acid groups (broad SMARTS) is 1. The number of hydrogen-bond acceptors (Lipinski definition) is 7. The van der Waals surface area contributed by atoms with Crippen LogP contribution < -0.4 is 21.8 Å². The number of hydrogen-bond donors (Lipinski definition) is 5. The molecule has 0 aliphatic rings. The van der Waals surface area contributed by atoms with Crippen molar-refractivity contribution in [3.05, 3.63) is 52.3 Å². The molecule has 0 bridgehead atoms. The summed E-state index contributed by atoms with van der Waals surface area (Å²) in [6.45, 7) is 2.16. The average Bonchev–Trinajstić information content (AvgIpc) is 2.65. The molecule has 0 unspecified atom stereocenters. The van der Waals surface area contributed by atoms with Crippen LogP contribution in [-0.4, -0.2) is 32.8 Å². The number of H-pyrrole nitrogens is 1. The Morgan fingerprint density at radius 1 is 1.18 bits per heavy atom. The fourth-order valence-corrected chi connectivity index (χ4v) is 2.69. The molecule has 9 nitrogen and oxygen atoms in total. The van der Waals surface area contributed by atoms with Crippen LogP contribution in [0.1, 0.15) is 17.3 Å². The third kappa shape index (κ3) is 3.45. The molecule has 144 valence electrons. The Bertz CT molecular complexity index is 1120. The first-order valence-electron chi connectivity index (χ1n) is 8.31. The van der Waals surface area contributed by atoms with Crippen molar-refractivity contribution in [1.82, 2.24) is 9.97 Å². The summed E-state index contributed by atoms with van der Waals surface area (Å²) in [6.07, 6.45) is 0. The monoisotopic (exact) mass is 382 g/mol. The molecule has 1 heterocycles. The van der Waals surface area contributed by atoms with Crippen molar-refractivity contribution in [1.29, 1.82) is 0 Å². The molecule has 3 aromatic rings. The van der Waals surface area contributed by atoms with Gasteiger partial charge in [-0.15, -0.1) is 0 Å². The Kier molecular flexibility index (Phi) is 4.90. The van der Waals surface area contributed by atoms with Crippen LogP contribution in [0.5, 0.6) is 11.5 Å². The standard InChI is InChI=1S/C19H18N4O5/c1-2-28-14-8-10(9-3-5-11(19(26)27)13(24)7-9)4-6-12(14)17-22-16(21)15(20)18(25)23-17/h3-8,24H,2,20H2,1H3,(H,26,27)(H3,21,22,23,25). The molecule has 0 amide bonds. The van der Waals surface area contributed by atoms with E-state index in [1.54, 1.807) is 31.2 Å². The van der Waals surface area contributed by atoms with Crippen molar-refractivity contribution >= 4 is 17.5 Å². The van der Waals surface area contributed by atoms with Crippen LogP contribution in [0.4, 0.5) is 11.5 Å². The molecule has 7 N–H and O–H groups in total. The molecule has 0 saturated carbocycles. The fraction of sp³-hybridized carbons (Fsp3) is 0.105. The summed E-state index contributed by atoms with van der Waals surface area (Å²) in [6, 6.07) is 9.35. The van der Waals surface area contributed by atoms with Gasteiger partial charge in [-0.05, 0) is 42.3 Å². The highest BCUT2D eigenvalue weighted by atomic mass is 16.5. The van der Waals surface area contributed by atoms with Crippen molar-refractivity contribution in [2.24, 2.45) is 0 Å². The molecule has 0 aliphatic carbocycles. The maximum absolute atomic E-state index is 11.9. The third-order valence-electron chi connectivity index (χ3n) is 4.08. The zero-order valence-corrected chi connectivity index (χ0v) is 14.9. The first kappa shape index (κ1) is 18.8. The van der Waals surface area contributed by atoms with Crippen LogP contribution in [0.25, 0.3) is 22.5 Å². The summed E-state index contributed by atoms with van der Waals surface area (Å²) in [5, 5.41) is 19.0. The van der Waals surface area contributed by atoms with Gasteiger partial charge in [0.1, 0.15) is 28.6 Å². The van der Waals surface area contributed by atoms with Crippen LogP contribution in [0, 0.1) is 0 Å². The van der Waals surface area contributed by atoms with E-state index in [0.717, 1.165) is 0 Å². The van der Waals surface area contributed by atoms with E-state index in [2.05, 4.69) is 9.97 Å². The molecule has 0 fully saturated rings. The molecule has 28 heavy (non-hydrogen) atoms. The number of nitrogen functional groups attached to an aromatic ring is 2. The molecule has 3 rings (SSSR count). The molecule has 0 aliphatic heterocycles. The molecule has 0 saturated heterocycles. The van der Waals surface area contributed by atoms with Gasteiger partial charge in [0.25, 0.3) is 5.56 Å². The number of anilines is 2. The predicted octanol–water partition coefficient (Wildman–Crippen LogP) is 2.07. The highest BCUT2D eigenvalue weighted by molar-refractivity contribution is 5.92. The molecule has 2 aromatic carbocycles. The van der Waals surface area contributed by atoms with Crippen molar-refractivity contribution in [2.45, 2.75) is 6.92 Å². The summed E-state index contributed by atoms with van der Waals surface area (Å²) in [5.41, 5.74) is 12.1. The molecule has 9 heteroatoms. The smallest absolute Gasteiger partial charge is 0.339 e. The summed E-state index contributed by atoms with van der Waals surface area (Å²) in [5.74, 6) is -1.01. The quantitative estimate of drug-likeness (QED) is 0.447. The second kappa shape index (κ2) is 7.31. The zero-order chi connectivity index (χ0) is 20.4. The molecular weight excluding hydrogens is 364 g/mol. The lowest BCUT2D eigenvalue weighted by Crippen LogP contribution is -2.17. The van der Waals surface area contributed by atoms with Crippen molar-refractivity contribution in [3.8, 4) is 34.0 Å². The normalized spacial score (nSPS) is 10.6. The van der Waals surface area contributed by atoms with E-state index in [-0.39, 0.29) is 28.6 Å². The summed E-state index contributed by atoms with van der Waals surface area (Å²) < 4.78 is 5.67. The van der Waals surface area contributed by atoms with Crippen molar-refractivity contribution < 1.29 is 19.7 Å². The second-order valence-corrected chi connectivity index (χ2v) is 5.89. The van der Waals surface area contributed by atoms with Gasteiger partial charge in [0, 0.05) is 0 Å². The Morgan fingerprint density at radius 3 is 2.46 bits per heavy atom.